The minimum absolute atomic E-state index is 0.0935. The number of amides is 1. The van der Waals surface area contributed by atoms with E-state index >= 15 is 0 Å². The summed E-state index contributed by atoms with van der Waals surface area (Å²) in [5, 5.41) is 6.60. The van der Waals surface area contributed by atoms with Crippen molar-refractivity contribution in [2.45, 2.75) is 30.7 Å². The number of allylic oxidation sites excluding steroid dienone is 2. The summed E-state index contributed by atoms with van der Waals surface area (Å²) < 4.78 is 0. The number of fused-ring (bicyclic) bond motifs is 3. The number of carbonyl (C=O) groups is 1. The van der Waals surface area contributed by atoms with Gasteiger partial charge in [0.15, 0.2) is 0 Å². The Labute approximate surface area is 129 Å². The van der Waals surface area contributed by atoms with Gasteiger partial charge in [-0.05, 0) is 55.7 Å². The molecular formula is C17H20N2OS. The van der Waals surface area contributed by atoms with Crippen LogP contribution in [0.3, 0.4) is 0 Å². The Kier molecular flexibility index (Phi) is 3.21. The van der Waals surface area contributed by atoms with Crippen molar-refractivity contribution in [2.75, 3.05) is 16.4 Å². The summed E-state index contributed by atoms with van der Waals surface area (Å²) in [6, 6.07) is 6.77. The molecule has 2 N–H and O–H groups in total. The molecule has 3 nitrogen and oxygen atoms in total. The van der Waals surface area contributed by atoms with E-state index in [4.69, 9.17) is 0 Å². The maximum absolute atomic E-state index is 11.5. The van der Waals surface area contributed by atoms with Gasteiger partial charge in [0, 0.05) is 16.6 Å². The van der Waals surface area contributed by atoms with E-state index < -0.39 is 0 Å². The molecule has 1 aromatic carbocycles. The zero-order valence-corrected chi connectivity index (χ0v) is 13.0. The predicted molar refractivity (Wildman–Crippen MR) is 87.7 cm³/mol. The van der Waals surface area contributed by atoms with Crippen LogP contribution in [0.25, 0.3) is 0 Å². The fourth-order valence-corrected chi connectivity index (χ4v) is 4.73. The second-order valence-corrected chi connectivity index (χ2v) is 7.44. The van der Waals surface area contributed by atoms with Crippen LogP contribution in [0.5, 0.6) is 0 Å². The van der Waals surface area contributed by atoms with Crippen molar-refractivity contribution in [1.29, 1.82) is 0 Å². The van der Waals surface area contributed by atoms with Crippen molar-refractivity contribution in [3.8, 4) is 0 Å². The lowest BCUT2D eigenvalue weighted by atomic mass is 9.87. The summed E-state index contributed by atoms with van der Waals surface area (Å²) in [4.78, 5) is 12.7. The monoisotopic (exact) mass is 300 g/mol. The fourth-order valence-electron chi connectivity index (χ4n) is 3.94. The number of thioether (sulfide) groups is 1. The number of carbonyl (C=O) groups excluding carboxylic acids is 1. The Hall–Kier alpha value is -1.42. The number of benzene rings is 1. The molecule has 21 heavy (non-hydrogen) atoms. The van der Waals surface area contributed by atoms with Crippen molar-refractivity contribution in [3.63, 3.8) is 0 Å². The van der Waals surface area contributed by atoms with Gasteiger partial charge in [-0.25, -0.2) is 0 Å². The molecule has 110 valence electrons. The van der Waals surface area contributed by atoms with E-state index in [0.717, 1.165) is 34.0 Å². The number of hydrogen-bond donors (Lipinski definition) is 2. The lowest BCUT2D eigenvalue weighted by Crippen LogP contribution is -2.29. The van der Waals surface area contributed by atoms with Crippen LogP contribution < -0.4 is 10.6 Å². The van der Waals surface area contributed by atoms with Crippen LogP contribution >= 0.6 is 11.8 Å². The van der Waals surface area contributed by atoms with Crippen LogP contribution in [0.1, 0.15) is 19.8 Å². The van der Waals surface area contributed by atoms with E-state index in [2.05, 4.69) is 47.9 Å². The molecule has 2 aliphatic carbocycles. The third-order valence-electron chi connectivity index (χ3n) is 4.98. The molecule has 2 bridgehead atoms. The summed E-state index contributed by atoms with van der Waals surface area (Å²) in [6.45, 7) is 2.28. The lowest BCUT2D eigenvalue weighted by Gasteiger charge is -2.27. The Bertz CT molecular complexity index is 613. The highest BCUT2D eigenvalue weighted by Gasteiger charge is 2.38. The van der Waals surface area contributed by atoms with Crippen molar-refractivity contribution in [2.24, 2.45) is 17.8 Å². The van der Waals surface area contributed by atoms with Crippen LogP contribution in [-0.2, 0) is 4.79 Å². The molecule has 0 spiro atoms. The minimum atomic E-state index is 0.0935. The van der Waals surface area contributed by atoms with Gasteiger partial charge in [-0.2, -0.15) is 0 Å². The van der Waals surface area contributed by atoms with Crippen molar-refractivity contribution < 1.29 is 4.79 Å². The van der Waals surface area contributed by atoms with Gasteiger partial charge in [0.25, 0.3) is 0 Å². The smallest absolute Gasteiger partial charge is 0.234 e. The van der Waals surface area contributed by atoms with E-state index in [-0.39, 0.29) is 5.91 Å². The molecule has 4 atom stereocenters. The molecule has 4 unspecified atom stereocenters. The standard InChI is InChI=1S/C17H20N2OS/c1-10(14-7-11-2-3-12(14)6-11)18-13-4-5-16-15(8-13)19-17(20)9-21-16/h2-5,8,10-12,14,18H,6-7,9H2,1H3,(H,19,20). The van der Waals surface area contributed by atoms with E-state index in [0.29, 0.717) is 11.8 Å². The highest BCUT2D eigenvalue weighted by atomic mass is 32.2. The third-order valence-corrected chi connectivity index (χ3v) is 6.05. The molecule has 1 saturated carbocycles. The molecule has 4 rings (SSSR count). The molecule has 0 saturated heterocycles. The van der Waals surface area contributed by atoms with Gasteiger partial charge in [-0.1, -0.05) is 12.2 Å². The Morgan fingerprint density at radius 2 is 2.24 bits per heavy atom. The van der Waals surface area contributed by atoms with Gasteiger partial charge in [-0.3, -0.25) is 4.79 Å². The van der Waals surface area contributed by atoms with Crippen LogP contribution in [0.15, 0.2) is 35.2 Å². The van der Waals surface area contributed by atoms with E-state index in [1.165, 1.54) is 12.8 Å². The Morgan fingerprint density at radius 3 is 3.00 bits per heavy atom. The molecule has 0 aromatic heterocycles. The van der Waals surface area contributed by atoms with Crippen molar-refractivity contribution in [1.82, 2.24) is 0 Å². The number of anilines is 2. The van der Waals surface area contributed by atoms with E-state index in [1.54, 1.807) is 11.8 Å². The molecule has 3 aliphatic rings. The number of nitrogens with one attached hydrogen (secondary N) is 2. The average Bonchev–Trinajstić information content (AvgIpc) is 3.09. The second kappa shape index (κ2) is 5.09. The highest BCUT2D eigenvalue weighted by molar-refractivity contribution is 8.00. The molecule has 1 heterocycles. The maximum Gasteiger partial charge on any atom is 0.234 e. The fraction of sp³-hybridized carbons (Fsp3) is 0.471. The van der Waals surface area contributed by atoms with Crippen LogP contribution in [-0.4, -0.2) is 17.7 Å². The van der Waals surface area contributed by atoms with Crippen LogP contribution in [0, 0.1) is 17.8 Å². The quantitative estimate of drug-likeness (QED) is 0.835. The van der Waals surface area contributed by atoms with Crippen molar-refractivity contribution >= 4 is 29.0 Å². The summed E-state index contributed by atoms with van der Waals surface area (Å²) in [6.07, 6.45) is 7.45. The molecule has 1 fully saturated rings. The van der Waals surface area contributed by atoms with E-state index in [9.17, 15) is 4.79 Å². The van der Waals surface area contributed by atoms with Gasteiger partial charge in [0.1, 0.15) is 0 Å². The highest BCUT2D eigenvalue weighted by Crippen LogP contribution is 2.45. The summed E-state index contributed by atoms with van der Waals surface area (Å²) in [5.74, 6) is 2.91. The first-order valence-corrected chi connectivity index (χ1v) is 8.69. The van der Waals surface area contributed by atoms with Crippen LogP contribution in [0.4, 0.5) is 11.4 Å². The topological polar surface area (TPSA) is 41.1 Å². The van der Waals surface area contributed by atoms with Gasteiger partial charge in [0.2, 0.25) is 5.91 Å². The molecule has 1 aliphatic heterocycles. The molecule has 4 heteroatoms. The Balaban J connectivity index is 1.48. The average molecular weight is 300 g/mol. The molecule has 1 aromatic rings. The molecular weight excluding hydrogens is 280 g/mol. The van der Waals surface area contributed by atoms with Crippen LogP contribution in [0.2, 0.25) is 0 Å². The second-order valence-electron chi connectivity index (χ2n) is 6.42. The molecule has 1 amide bonds. The van der Waals surface area contributed by atoms with Gasteiger partial charge in [-0.15, -0.1) is 11.8 Å². The SMILES string of the molecule is CC(Nc1ccc2c(c1)NC(=O)CS2)C1CC2C=CC1C2. The van der Waals surface area contributed by atoms with Gasteiger partial charge < -0.3 is 10.6 Å². The zero-order chi connectivity index (χ0) is 14.4. The minimum Gasteiger partial charge on any atom is -0.382 e. The maximum atomic E-state index is 11.5. The number of hydrogen-bond acceptors (Lipinski definition) is 3. The summed E-state index contributed by atoms with van der Waals surface area (Å²) in [7, 11) is 0. The first-order valence-electron chi connectivity index (χ1n) is 7.70. The lowest BCUT2D eigenvalue weighted by molar-refractivity contribution is -0.113. The Morgan fingerprint density at radius 1 is 1.33 bits per heavy atom. The van der Waals surface area contributed by atoms with Gasteiger partial charge in [0.05, 0.1) is 11.4 Å². The third kappa shape index (κ3) is 2.46. The van der Waals surface area contributed by atoms with Gasteiger partial charge >= 0.3 is 0 Å². The first-order chi connectivity index (χ1) is 10.2. The zero-order valence-electron chi connectivity index (χ0n) is 12.1. The normalized spacial score (nSPS) is 30.9. The molecule has 0 radical (unpaired) electrons. The predicted octanol–water partition coefficient (Wildman–Crippen LogP) is 3.74. The summed E-state index contributed by atoms with van der Waals surface area (Å²) >= 11 is 1.61. The largest absolute Gasteiger partial charge is 0.382 e. The first kappa shape index (κ1) is 13.3. The van der Waals surface area contributed by atoms with Crippen molar-refractivity contribution in [3.05, 3.63) is 30.4 Å². The summed E-state index contributed by atoms with van der Waals surface area (Å²) in [5.41, 5.74) is 2.05. The van der Waals surface area contributed by atoms with E-state index in [1.807, 2.05) is 0 Å². The number of rotatable bonds is 3.